The van der Waals surface area contributed by atoms with Crippen LogP contribution in [0.15, 0.2) is 89.0 Å². The predicted molar refractivity (Wildman–Crippen MR) is 266 cm³/mol. The minimum absolute atomic E-state index is 0.0441. The van der Waals surface area contributed by atoms with Gasteiger partial charge in [0.05, 0.1) is 26.0 Å². The molecule has 9 rings (SSSR count). The first kappa shape index (κ1) is 48.7. The van der Waals surface area contributed by atoms with Crippen molar-refractivity contribution in [3.05, 3.63) is 106 Å². The van der Waals surface area contributed by atoms with Crippen LogP contribution in [0.25, 0.3) is 0 Å². The van der Waals surface area contributed by atoms with E-state index in [1.165, 1.54) is 12.0 Å². The minimum Gasteiger partial charge on any atom is -0.463 e. The molecule has 0 aromatic heterocycles. The van der Waals surface area contributed by atoms with Crippen LogP contribution < -0.4 is 32.3 Å². The Kier molecular flexibility index (Phi) is 14.4. The van der Waals surface area contributed by atoms with Crippen LogP contribution in [-0.2, 0) is 20.7 Å². The summed E-state index contributed by atoms with van der Waals surface area (Å²) >= 11 is 0. The smallest absolute Gasteiger partial charge is 0.350 e. The Morgan fingerprint density at radius 1 is 1.00 bits per heavy atom. The molecule has 9 unspecified atom stereocenters. The summed E-state index contributed by atoms with van der Waals surface area (Å²) < 4.78 is 13.1. The van der Waals surface area contributed by atoms with Crippen LogP contribution in [0.4, 0.5) is 0 Å². The highest BCUT2D eigenvalue weighted by molar-refractivity contribution is 6.33. The van der Waals surface area contributed by atoms with E-state index in [1.807, 2.05) is 38.4 Å². The summed E-state index contributed by atoms with van der Waals surface area (Å²) in [7, 11) is 1.91. The Labute approximate surface area is 404 Å². The molecule has 12 nitrogen and oxygen atoms in total. The fourth-order valence-corrected chi connectivity index (χ4v) is 13.9. The number of carbonyl (C=O) groups is 3. The number of hydrogen-bond donors (Lipinski definition) is 7. The number of hydrogen-bond acceptors (Lipinski definition) is 12. The number of Topliss-reactive ketones (excluding diaryl/α,β-unsaturated/α-hetero) is 2. The SMILES string of the molecule is CCNC1CC2C=CCC3CCCCC(C)(CC4=CNC(N)C=C4)Cc4cccc5c4C(=O)C4(OC4(CC(CO)=C(C)CC4(C6=CCNC(NCNC)=C6)CCCCC4)C5=O)C(=O)OCC1CC23. The number of carbonyl (C=O) groups excluding carboxylic acids is 3. The molecule has 1 saturated heterocycles. The van der Waals surface area contributed by atoms with E-state index in [4.69, 9.17) is 15.2 Å². The van der Waals surface area contributed by atoms with Crippen molar-refractivity contribution < 1.29 is 29.0 Å². The highest BCUT2D eigenvalue weighted by Crippen LogP contribution is 2.61. The second-order valence-electron chi connectivity index (χ2n) is 22.1. The van der Waals surface area contributed by atoms with Crippen molar-refractivity contribution in [3.8, 4) is 0 Å². The van der Waals surface area contributed by atoms with Gasteiger partial charge in [-0.05, 0) is 148 Å². The molecular weight excluding hydrogens is 853 g/mol. The maximum Gasteiger partial charge on any atom is 0.350 e. The molecule has 8 aliphatic rings. The number of ether oxygens (including phenoxy) is 2. The number of epoxide rings is 1. The molecule has 9 atom stereocenters. The lowest BCUT2D eigenvalue weighted by atomic mass is 9.63. The molecule has 4 heterocycles. The van der Waals surface area contributed by atoms with Crippen molar-refractivity contribution in [2.24, 2.45) is 40.2 Å². The highest BCUT2D eigenvalue weighted by Gasteiger charge is 2.86. The van der Waals surface area contributed by atoms with Gasteiger partial charge in [0.15, 0.2) is 11.4 Å². The van der Waals surface area contributed by atoms with Gasteiger partial charge in [0.25, 0.3) is 5.60 Å². The Morgan fingerprint density at radius 2 is 1.82 bits per heavy atom. The number of esters is 1. The fourth-order valence-electron chi connectivity index (χ4n) is 13.9. The summed E-state index contributed by atoms with van der Waals surface area (Å²) in [5.74, 6) is 0.834. The molecular formula is C56H78N6O6. The average molecular weight is 931 g/mol. The number of cyclic esters (lactones) is 1. The largest absolute Gasteiger partial charge is 0.463 e. The van der Waals surface area contributed by atoms with E-state index < -0.39 is 23.0 Å². The van der Waals surface area contributed by atoms with Gasteiger partial charge in [-0.25, -0.2) is 4.79 Å². The Bertz CT molecular complexity index is 2290. The van der Waals surface area contributed by atoms with Gasteiger partial charge >= 0.3 is 5.97 Å². The van der Waals surface area contributed by atoms with Crippen LogP contribution in [0, 0.1) is 34.5 Å². The van der Waals surface area contributed by atoms with E-state index >= 15 is 14.4 Å². The van der Waals surface area contributed by atoms with Gasteiger partial charge < -0.3 is 46.9 Å². The van der Waals surface area contributed by atoms with Crippen LogP contribution in [0.3, 0.4) is 0 Å². The van der Waals surface area contributed by atoms with Crippen molar-refractivity contribution >= 4 is 17.5 Å². The zero-order valence-corrected chi connectivity index (χ0v) is 41.2. The van der Waals surface area contributed by atoms with E-state index in [1.54, 1.807) is 6.07 Å². The molecule has 8 N–H and O–H groups in total. The number of benzene rings is 1. The first-order chi connectivity index (χ1) is 32.9. The molecule has 12 heteroatoms. The first-order valence-electron chi connectivity index (χ1n) is 26.1. The van der Waals surface area contributed by atoms with Gasteiger partial charge in [-0.3, -0.25) is 9.59 Å². The summed E-state index contributed by atoms with van der Waals surface area (Å²) in [5.41, 5.74) is 7.01. The first-order valence-corrected chi connectivity index (χ1v) is 26.1. The maximum atomic E-state index is 15.7. The van der Waals surface area contributed by atoms with Crippen molar-refractivity contribution in [2.45, 2.75) is 147 Å². The monoisotopic (exact) mass is 931 g/mol. The molecule has 1 aromatic carbocycles. The normalized spacial score (nSPS) is 34.7. The number of dihydropyridines is 2. The number of allylic oxidation sites excluding steroid dienone is 7. The molecule has 368 valence electrons. The quantitative estimate of drug-likeness (QED) is 0.0345. The van der Waals surface area contributed by atoms with Crippen LogP contribution in [0.5, 0.6) is 0 Å². The number of aliphatic hydroxyl groups excluding tert-OH is 1. The summed E-state index contributed by atoms with van der Waals surface area (Å²) in [6, 6.07) is 5.70. The van der Waals surface area contributed by atoms with Crippen molar-refractivity contribution in [2.75, 3.05) is 40.0 Å². The number of rotatable bonds is 13. The van der Waals surface area contributed by atoms with Crippen LogP contribution in [-0.4, -0.2) is 86.1 Å². The second-order valence-corrected chi connectivity index (χ2v) is 22.1. The summed E-state index contributed by atoms with van der Waals surface area (Å²) in [6.07, 6.45) is 29.6. The van der Waals surface area contributed by atoms with Gasteiger partial charge in [0.2, 0.25) is 5.78 Å². The standard InChI is InChI=1S/C56H78N6O6/c1-5-59-46-26-39-15-11-14-38-13-7-10-21-53(3,29-37-18-19-47(57)61-32-37)30-40-16-12-17-44-49(40)51(65)56(52(66)67-34-41(46)25-45(38)39)55(68-56,50(44)64)31-42(33-63)36(2)28-54(22-8-6-9-23-54)43-20-24-60-48(27-43)62-35-58-4/h11-12,15-20,27,32,38-39,41,45-47,58-63H,5-10,13-14,21-26,28-31,33-35,57H2,1-4H3. The Balaban J connectivity index is 1.10. The highest BCUT2D eigenvalue weighted by atomic mass is 16.7. The number of aliphatic hydroxyl groups is 1. The fraction of sp³-hybridized carbons (Fsp3) is 0.625. The van der Waals surface area contributed by atoms with Crippen molar-refractivity contribution in [1.82, 2.24) is 26.6 Å². The van der Waals surface area contributed by atoms with Crippen LogP contribution >= 0.6 is 0 Å². The number of ketones is 2. The third-order valence-electron chi connectivity index (χ3n) is 17.5. The number of nitrogens with one attached hydrogen (secondary N) is 5. The lowest BCUT2D eigenvalue weighted by Crippen LogP contribution is -2.52. The van der Waals surface area contributed by atoms with Crippen LogP contribution in [0.1, 0.15) is 143 Å². The van der Waals surface area contributed by atoms with Gasteiger partial charge in [-0.2, -0.15) is 0 Å². The van der Waals surface area contributed by atoms with Crippen molar-refractivity contribution in [1.29, 1.82) is 0 Å². The van der Waals surface area contributed by atoms with Gasteiger partial charge in [-0.15, -0.1) is 0 Å². The molecule has 4 bridgehead atoms. The minimum atomic E-state index is -2.16. The topological polar surface area (TPSA) is 179 Å². The molecule has 3 fully saturated rings. The number of fused-ring (bicyclic) bond motifs is 1. The van der Waals surface area contributed by atoms with E-state index in [9.17, 15) is 5.11 Å². The molecule has 4 aliphatic carbocycles. The third-order valence-corrected chi connectivity index (χ3v) is 17.5. The predicted octanol–water partition coefficient (Wildman–Crippen LogP) is 7.33. The summed E-state index contributed by atoms with van der Waals surface area (Å²) in [4.78, 5) is 46.4. The van der Waals surface area contributed by atoms with Crippen molar-refractivity contribution in [3.63, 3.8) is 0 Å². The maximum absolute atomic E-state index is 15.7. The van der Waals surface area contributed by atoms with E-state index in [2.05, 4.69) is 70.8 Å². The molecule has 1 aromatic rings. The molecule has 0 radical (unpaired) electrons. The molecule has 2 saturated carbocycles. The summed E-state index contributed by atoms with van der Waals surface area (Å²) in [6.45, 7) is 8.41. The molecule has 4 aliphatic heterocycles. The van der Waals surface area contributed by atoms with Gasteiger partial charge in [-0.1, -0.05) is 94.0 Å². The lowest BCUT2D eigenvalue weighted by molar-refractivity contribution is -0.150. The van der Waals surface area contributed by atoms with E-state index in [-0.39, 0.29) is 65.5 Å². The average Bonchev–Trinajstić information content (AvgIpc) is 4.05. The zero-order chi connectivity index (χ0) is 47.7. The third kappa shape index (κ3) is 9.25. The molecule has 1 spiro atoms. The zero-order valence-electron chi connectivity index (χ0n) is 41.2. The molecule has 0 amide bonds. The van der Waals surface area contributed by atoms with Gasteiger partial charge in [0.1, 0.15) is 5.82 Å². The summed E-state index contributed by atoms with van der Waals surface area (Å²) in [5, 5.41) is 28.4. The Hall–Kier alpha value is -4.33. The second kappa shape index (κ2) is 20.2. The number of nitrogens with two attached hydrogens (primary N) is 1. The van der Waals surface area contributed by atoms with Crippen LogP contribution in [0.2, 0.25) is 0 Å². The van der Waals surface area contributed by atoms with Gasteiger partial charge in [0, 0.05) is 42.3 Å². The molecule has 68 heavy (non-hydrogen) atoms. The Morgan fingerprint density at radius 3 is 2.59 bits per heavy atom. The van der Waals surface area contributed by atoms with E-state index in [0.717, 1.165) is 106 Å². The lowest BCUT2D eigenvalue weighted by Gasteiger charge is -2.45. The van der Waals surface area contributed by atoms with E-state index in [0.29, 0.717) is 49.4 Å².